The number of rotatable bonds is 3. The zero-order chi connectivity index (χ0) is 9.84. The molecule has 0 aliphatic rings. The molecule has 70 valence electrons. The van der Waals surface area contributed by atoms with Gasteiger partial charge in [-0.25, -0.2) is 4.39 Å². The number of ether oxygens (including phenoxy) is 1. The maximum Gasteiger partial charge on any atom is 0.153 e. The fourth-order valence-corrected chi connectivity index (χ4v) is 1.15. The maximum atomic E-state index is 13.2. The second kappa shape index (κ2) is 4.35. The molecule has 2 nitrogen and oxygen atoms in total. The van der Waals surface area contributed by atoms with Crippen molar-refractivity contribution in [3.05, 3.63) is 34.6 Å². The largest absolute Gasteiger partial charge is 0.369 e. The minimum absolute atomic E-state index is 0.196. The van der Waals surface area contributed by atoms with Crippen molar-refractivity contribution in [1.29, 1.82) is 0 Å². The van der Waals surface area contributed by atoms with Gasteiger partial charge in [0.05, 0.1) is 0 Å². The van der Waals surface area contributed by atoms with Crippen molar-refractivity contribution in [3.8, 4) is 0 Å². The molecule has 1 unspecified atom stereocenters. The molecule has 1 atom stereocenters. The van der Waals surface area contributed by atoms with E-state index in [1.165, 1.54) is 19.2 Å². The average Bonchev–Trinajstić information content (AvgIpc) is 2.10. The molecule has 1 rings (SSSR count). The molecule has 0 saturated carbocycles. The van der Waals surface area contributed by atoms with E-state index in [1.807, 2.05) is 0 Å². The zero-order valence-corrected chi connectivity index (χ0v) is 7.72. The van der Waals surface area contributed by atoms with Gasteiger partial charge in [0.1, 0.15) is 11.9 Å². The summed E-state index contributed by atoms with van der Waals surface area (Å²) in [4.78, 5) is 10.4. The van der Waals surface area contributed by atoms with Crippen LogP contribution in [0, 0.1) is 5.82 Å². The van der Waals surface area contributed by atoms with E-state index in [2.05, 4.69) is 0 Å². The van der Waals surface area contributed by atoms with Gasteiger partial charge in [-0.2, -0.15) is 0 Å². The van der Waals surface area contributed by atoms with Gasteiger partial charge in [0, 0.05) is 17.7 Å². The topological polar surface area (TPSA) is 26.3 Å². The number of hydrogen-bond donors (Lipinski definition) is 0. The third-order valence-corrected chi connectivity index (χ3v) is 1.88. The molecule has 0 radical (unpaired) electrons. The SMILES string of the molecule is COC(C=O)c1ccc(Cl)cc1F. The van der Waals surface area contributed by atoms with Crippen LogP contribution in [-0.4, -0.2) is 13.4 Å². The molecule has 4 heteroatoms. The summed E-state index contributed by atoms with van der Waals surface area (Å²) in [6, 6.07) is 4.09. The van der Waals surface area contributed by atoms with E-state index < -0.39 is 11.9 Å². The molecule has 0 bridgehead atoms. The fraction of sp³-hybridized carbons (Fsp3) is 0.222. The van der Waals surface area contributed by atoms with Crippen LogP contribution in [0.15, 0.2) is 18.2 Å². The van der Waals surface area contributed by atoms with E-state index in [0.29, 0.717) is 11.3 Å². The Kier molecular flexibility index (Phi) is 3.39. The molecule has 0 heterocycles. The number of hydrogen-bond acceptors (Lipinski definition) is 2. The number of methoxy groups -OCH3 is 1. The predicted octanol–water partition coefficient (Wildman–Crippen LogP) is 2.37. The Labute approximate surface area is 80.3 Å². The summed E-state index contributed by atoms with van der Waals surface area (Å²) in [5, 5.41) is 0.294. The lowest BCUT2D eigenvalue weighted by atomic mass is 10.1. The molecule has 0 spiro atoms. The molecule has 1 aromatic rings. The van der Waals surface area contributed by atoms with Gasteiger partial charge in [-0.3, -0.25) is 0 Å². The fourth-order valence-electron chi connectivity index (χ4n) is 0.988. The Balaban J connectivity index is 3.06. The summed E-state index contributed by atoms with van der Waals surface area (Å²) in [5.74, 6) is -0.536. The first-order valence-electron chi connectivity index (χ1n) is 3.62. The Bertz CT molecular complexity index is 314. The highest BCUT2D eigenvalue weighted by molar-refractivity contribution is 6.30. The summed E-state index contributed by atoms with van der Waals surface area (Å²) >= 11 is 5.54. The highest BCUT2D eigenvalue weighted by atomic mass is 35.5. The summed E-state index contributed by atoms with van der Waals surface area (Å²) in [5.41, 5.74) is 0.196. The van der Waals surface area contributed by atoms with Crippen LogP contribution >= 0.6 is 11.6 Å². The van der Waals surface area contributed by atoms with E-state index in [0.717, 1.165) is 6.07 Å². The smallest absolute Gasteiger partial charge is 0.153 e. The highest BCUT2D eigenvalue weighted by Gasteiger charge is 2.13. The van der Waals surface area contributed by atoms with Crippen molar-refractivity contribution >= 4 is 17.9 Å². The van der Waals surface area contributed by atoms with Crippen LogP contribution in [0.3, 0.4) is 0 Å². The lowest BCUT2D eigenvalue weighted by Gasteiger charge is -2.09. The van der Waals surface area contributed by atoms with Gasteiger partial charge in [0.25, 0.3) is 0 Å². The van der Waals surface area contributed by atoms with E-state index in [4.69, 9.17) is 16.3 Å². The molecule has 0 amide bonds. The molecule has 1 aromatic carbocycles. The van der Waals surface area contributed by atoms with Crippen molar-refractivity contribution in [2.75, 3.05) is 7.11 Å². The first-order valence-corrected chi connectivity index (χ1v) is 4.00. The van der Waals surface area contributed by atoms with E-state index in [1.54, 1.807) is 0 Å². The van der Waals surface area contributed by atoms with Crippen LogP contribution in [0.4, 0.5) is 4.39 Å². The van der Waals surface area contributed by atoms with Crippen molar-refractivity contribution in [1.82, 2.24) is 0 Å². The second-order valence-corrected chi connectivity index (χ2v) is 2.89. The molecule has 0 aliphatic carbocycles. The predicted molar refractivity (Wildman–Crippen MR) is 47.2 cm³/mol. The Morgan fingerprint density at radius 1 is 1.62 bits per heavy atom. The van der Waals surface area contributed by atoms with Crippen LogP contribution < -0.4 is 0 Å². The molecule has 0 saturated heterocycles. The number of carbonyl (C=O) groups is 1. The second-order valence-electron chi connectivity index (χ2n) is 2.46. The number of carbonyl (C=O) groups excluding carboxylic acids is 1. The van der Waals surface area contributed by atoms with Crippen molar-refractivity contribution in [3.63, 3.8) is 0 Å². The van der Waals surface area contributed by atoms with E-state index >= 15 is 0 Å². The average molecular weight is 203 g/mol. The Hall–Kier alpha value is -0.930. The van der Waals surface area contributed by atoms with Gasteiger partial charge < -0.3 is 9.53 Å². The lowest BCUT2D eigenvalue weighted by Crippen LogP contribution is -2.04. The van der Waals surface area contributed by atoms with Crippen LogP contribution in [-0.2, 0) is 9.53 Å². The van der Waals surface area contributed by atoms with Crippen LogP contribution in [0.25, 0.3) is 0 Å². The van der Waals surface area contributed by atoms with Crippen molar-refractivity contribution in [2.24, 2.45) is 0 Å². The van der Waals surface area contributed by atoms with Crippen molar-refractivity contribution < 1.29 is 13.9 Å². The van der Waals surface area contributed by atoms with Gasteiger partial charge in [-0.05, 0) is 12.1 Å². The van der Waals surface area contributed by atoms with Gasteiger partial charge in [0.15, 0.2) is 6.29 Å². The monoisotopic (exact) mass is 202 g/mol. The molecule has 0 N–H and O–H groups in total. The molecule has 0 fully saturated rings. The first kappa shape index (κ1) is 10.2. The summed E-state index contributed by atoms with van der Waals surface area (Å²) in [7, 11) is 1.34. The number of halogens is 2. The number of aldehydes is 1. The van der Waals surface area contributed by atoms with Crippen LogP contribution in [0.1, 0.15) is 11.7 Å². The quantitative estimate of drug-likeness (QED) is 0.704. The third-order valence-electron chi connectivity index (χ3n) is 1.65. The van der Waals surface area contributed by atoms with E-state index in [-0.39, 0.29) is 5.56 Å². The van der Waals surface area contributed by atoms with Crippen LogP contribution in [0.2, 0.25) is 5.02 Å². The summed E-state index contributed by atoms with van der Waals surface area (Å²) < 4.78 is 17.9. The minimum atomic E-state index is -0.864. The molecular weight excluding hydrogens is 195 g/mol. The third kappa shape index (κ3) is 2.26. The number of benzene rings is 1. The van der Waals surface area contributed by atoms with Gasteiger partial charge in [-0.1, -0.05) is 17.7 Å². The maximum absolute atomic E-state index is 13.2. The standard InChI is InChI=1S/C9H8ClFO2/c1-13-9(5-12)7-3-2-6(10)4-8(7)11/h2-5,9H,1H3. The highest BCUT2D eigenvalue weighted by Crippen LogP contribution is 2.21. The Morgan fingerprint density at radius 2 is 2.31 bits per heavy atom. The molecular formula is C9H8ClFO2. The first-order chi connectivity index (χ1) is 6.19. The summed E-state index contributed by atoms with van der Waals surface area (Å²) in [6.07, 6.45) is -0.330. The van der Waals surface area contributed by atoms with Gasteiger partial charge in [0.2, 0.25) is 0 Å². The summed E-state index contributed by atoms with van der Waals surface area (Å²) in [6.45, 7) is 0. The van der Waals surface area contributed by atoms with Gasteiger partial charge in [-0.15, -0.1) is 0 Å². The lowest BCUT2D eigenvalue weighted by molar-refractivity contribution is -0.116. The molecule has 0 aliphatic heterocycles. The van der Waals surface area contributed by atoms with Crippen LogP contribution in [0.5, 0.6) is 0 Å². The minimum Gasteiger partial charge on any atom is -0.369 e. The molecule has 0 aromatic heterocycles. The van der Waals surface area contributed by atoms with E-state index in [9.17, 15) is 9.18 Å². The van der Waals surface area contributed by atoms with Crippen molar-refractivity contribution in [2.45, 2.75) is 6.10 Å². The Morgan fingerprint density at radius 3 is 2.77 bits per heavy atom. The zero-order valence-electron chi connectivity index (χ0n) is 6.96. The van der Waals surface area contributed by atoms with Gasteiger partial charge >= 0.3 is 0 Å². The molecule has 13 heavy (non-hydrogen) atoms. The normalized spacial score (nSPS) is 12.5.